The van der Waals surface area contributed by atoms with E-state index in [0.717, 1.165) is 16.7 Å². The molecule has 1 atom stereocenters. The van der Waals surface area contributed by atoms with Crippen LogP contribution in [0.3, 0.4) is 0 Å². The van der Waals surface area contributed by atoms with E-state index in [4.69, 9.17) is 4.74 Å². The SMILES string of the molecule is COC(=O)c1cc(S(=O)(=O)N[C@@H](C)c2ccc(C)c(C)c2)ccc1C. The monoisotopic (exact) mass is 361 g/mol. The average Bonchev–Trinajstić information content (AvgIpc) is 2.56. The molecule has 2 aromatic carbocycles. The standard InChI is InChI=1S/C19H23NO4S/c1-12-6-8-16(10-14(12)3)15(4)20-25(22,23)17-9-7-13(2)18(11-17)19(21)24-5/h6-11,15,20H,1-5H3/t15-/m0/s1. The normalized spacial score (nSPS) is 12.7. The second-order valence-corrected chi connectivity index (χ2v) is 7.87. The Balaban J connectivity index is 2.32. The molecule has 0 aliphatic carbocycles. The summed E-state index contributed by atoms with van der Waals surface area (Å²) in [4.78, 5) is 11.8. The second kappa shape index (κ2) is 7.37. The van der Waals surface area contributed by atoms with E-state index < -0.39 is 22.0 Å². The number of methoxy groups -OCH3 is 1. The molecule has 0 radical (unpaired) electrons. The van der Waals surface area contributed by atoms with Gasteiger partial charge in [0.05, 0.1) is 17.6 Å². The average molecular weight is 361 g/mol. The molecule has 0 aliphatic heterocycles. The van der Waals surface area contributed by atoms with Crippen molar-refractivity contribution in [3.63, 3.8) is 0 Å². The van der Waals surface area contributed by atoms with Gasteiger partial charge in [-0.15, -0.1) is 0 Å². The van der Waals surface area contributed by atoms with Crippen molar-refractivity contribution in [2.75, 3.05) is 7.11 Å². The molecule has 2 rings (SSSR count). The number of sulfonamides is 1. The third kappa shape index (κ3) is 4.27. The van der Waals surface area contributed by atoms with E-state index in [1.165, 1.54) is 19.2 Å². The van der Waals surface area contributed by atoms with Crippen molar-refractivity contribution in [2.45, 2.75) is 38.6 Å². The zero-order valence-corrected chi connectivity index (χ0v) is 15.9. The van der Waals surface area contributed by atoms with Gasteiger partial charge in [-0.05, 0) is 62.1 Å². The molecule has 0 amide bonds. The van der Waals surface area contributed by atoms with Crippen LogP contribution in [0.15, 0.2) is 41.3 Å². The summed E-state index contributed by atoms with van der Waals surface area (Å²) in [6.45, 7) is 7.52. The fourth-order valence-electron chi connectivity index (χ4n) is 2.50. The van der Waals surface area contributed by atoms with Gasteiger partial charge >= 0.3 is 5.97 Å². The maximum atomic E-state index is 12.7. The number of esters is 1. The maximum absolute atomic E-state index is 12.7. The maximum Gasteiger partial charge on any atom is 0.338 e. The summed E-state index contributed by atoms with van der Waals surface area (Å²) in [5, 5.41) is 0. The first-order chi connectivity index (χ1) is 11.7. The van der Waals surface area contributed by atoms with Gasteiger partial charge in [0.2, 0.25) is 10.0 Å². The van der Waals surface area contributed by atoms with Gasteiger partial charge in [-0.3, -0.25) is 0 Å². The van der Waals surface area contributed by atoms with Gasteiger partial charge in [0.15, 0.2) is 0 Å². The third-order valence-corrected chi connectivity index (χ3v) is 5.83. The summed E-state index contributed by atoms with van der Waals surface area (Å²) in [6.07, 6.45) is 0. The van der Waals surface area contributed by atoms with Gasteiger partial charge in [0.1, 0.15) is 0 Å². The van der Waals surface area contributed by atoms with Gasteiger partial charge < -0.3 is 4.74 Å². The minimum Gasteiger partial charge on any atom is -0.465 e. The van der Waals surface area contributed by atoms with Crippen molar-refractivity contribution in [1.82, 2.24) is 4.72 Å². The lowest BCUT2D eigenvalue weighted by Crippen LogP contribution is -2.27. The van der Waals surface area contributed by atoms with Crippen LogP contribution in [-0.4, -0.2) is 21.5 Å². The first-order valence-corrected chi connectivity index (χ1v) is 9.42. The lowest BCUT2D eigenvalue weighted by molar-refractivity contribution is 0.0599. The Morgan fingerprint density at radius 3 is 2.24 bits per heavy atom. The number of carbonyl (C=O) groups is 1. The number of hydrogen-bond acceptors (Lipinski definition) is 4. The van der Waals surface area contributed by atoms with E-state index in [1.54, 1.807) is 19.9 Å². The number of hydrogen-bond donors (Lipinski definition) is 1. The molecular formula is C19H23NO4S. The molecule has 0 fully saturated rings. The number of aryl methyl sites for hydroxylation is 3. The second-order valence-electron chi connectivity index (χ2n) is 6.15. The molecule has 0 saturated heterocycles. The highest BCUT2D eigenvalue weighted by molar-refractivity contribution is 7.89. The van der Waals surface area contributed by atoms with Gasteiger partial charge in [-0.1, -0.05) is 24.3 Å². The lowest BCUT2D eigenvalue weighted by atomic mass is 10.0. The first-order valence-electron chi connectivity index (χ1n) is 7.94. The van der Waals surface area contributed by atoms with Crippen LogP contribution < -0.4 is 4.72 Å². The van der Waals surface area contributed by atoms with E-state index in [1.807, 2.05) is 32.0 Å². The smallest absolute Gasteiger partial charge is 0.338 e. The molecule has 2 aromatic rings. The molecule has 0 unspecified atom stereocenters. The molecule has 6 heteroatoms. The predicted octanol–water partition coefficient (Wildman–Crippen LogP) is 3.44. The predicted molar refractivity (Wildman–Crippen MR) is 97.2 cm³/mol. The van der Waals surface area contributed by atoms with Crippen molar-refractivity contribution in [3.05, 3.63) is 64.2 Å². The van der Waals surface area contributed by atoms with E-state index in [9.17, 15) is 13.2 Å². The van der Waals surface area contributed by atoms with Crippen LogP contribution in [0, 0.1) is 20.8 Å². The minimum atomic E-state index is -3.77. The van der Waals surface area contributed by atoms with Crippen molar-refractivity contribution < 1.29 is 17.9 Å². The van der Waals surface area contributed by atoms with E-state index in [2.05, 4.69) is 4.72 Å². The number of benzene rings is 2. The van der Waals surface area contributed by atoms with Crippen LogP contribution in [0.25, 0.3) is 0 Å². The third-order valence-electron chi connectivity index (χ3n) is 4.29. The van der Waals surface area contributed by atoms with Crippen LogP contribution in [0.1, 0.15) is 45.6 Å². The van der Waals surface area contributed by atoms with Gasteiger partial charge in [0, 0.05) is 6.04 Å². The number of ether oxygens (including phenoxy) is 1. The fourth-order valence-corrected chi connectivity index (χ4v) is 3.76. The lowest BCUT2D eigenvalue weighted by Gasteiger charge is -2.16. The largest absolute Gasteiger partial charge is 0.465 e. The van der Waals surface area contributed by atoms with E-state index >= 15 is 0 Å². The zero-order valence-electron chi connectivity index (χ0n) is 15.1. The Hall–Kier alpha value is -2.18. The van der Waals surface area contributed by atoms with Crippen molar-refractivity contribution >= 4 is 16.0 Å². The highest BCUT2D eigenvalue weighted by atomic mass is 32.2. The summed E-state index contributed by atoms with van der Waals surface area (Å²) in [5.41, 5.74) is 4.04. The van der Waals surface area contributed by atoms with Crippen LogP contribution in [0.2, 0.25) is 0 Å². The number of carbonyl (C=O) groups excluding carboxylic acids is 1. The molecular weight excluding hydrogens is 338 g/mol. The summed E-state index contributed by atoms with van der Waals surface area (Å²) in [5.74, 6) is -0.559. The Labute approximate surface area is 149 Å². The van der Waals surface area contributed by atoms with Crippen molar-refractivity contribution in [1.29, 1.82) is 0 Å². The topological polar surface area (TPSA) is 72.5 Å². The molecule has 0 bridgehead atoms. The molecule has 0 aliphatic rings. The molecule has 0 spiro atoms. The van der Waals surface area contributed by atoms with Crippen LogP contribution in [-0.2, 0) is 14.8 Å². The highest BCUT2D eigenvalue weighted by Crippen LogP contribution is 2.21. The summed E-state index contributed by atoms with van der Waals surface area (Å²) in [7, 11) is -2.50. The molecule has 25 heavy (non-hydrogen) atoms. The Kier molecular flexibility index (Phi) is 5.65. The van der Waals surface area contributed by atoms with Crippen molar-refractivity contribution in [2.24, 2.45) is 0 Å². The Morgan fingerprint density at radius 1 is 1.00 bits per heavy atom. The summed E-state index contributed by atoms with van der Waals surface area (Å²) in [6, 6.07) is 9.88. The van der Waals surface area contributed by atoms with Crippen LogP contribution in [0.4, 0.5) is 0 Å². The van der Waals surface area contributed by atoms with Gasteiger partial charge in [0.25, 0.3) is 0 Å². The number of nitrogens with one attached hydrogen (secondary N) is 1. The van der Waals surface area contributed by atoms with Crippen LogP contribution in [0.5, 0.6) is 0 Å². The molecule has 0 heterocycles. The number of rotatable bonds is 5. The highest BCUT2D eigenvalue weighted by Gasteiger charge is 2.21. The molecule has 0 saturated carbocycles. The summed E-state index contributed by atoms with van der Waals surface area (Å²) < 4.78 is 32.7. The van der Waals surface area contributed by atoms with Crippen LogP contribution >= 0.6 is 0 Å². The molecule has 5 nitrogen and oxygen atoms in total. The quantitative estimate of drug-likeness (QED) is 0.828. The Morgan fingerprint density at radius 2 is 1.64 bits per heavy atom. The molecule has 134 valence electrons. The molecule has 0 aromatic heterocycles. The summed E-state index contributed by atoms with van der Waals surface area (Å²) >= 11 is 0. The van der Waals surface area contributed by atoms with E-state index in [-0.39, 0.29) is 10.5 Å². The van der Waals surface area contributed by atoms with Gasteiger partial charge in [-0.25, -0.2) is 17.9 Å². The fraction of sp³-hybridized carbons (Fsp3) is 0.316. The van der Waals surface area contributed by atoms with Gasteiger partial charge in [-0.2, -0.15) is 0 Å². The molecule has 1 N–H and O–H groups in total. The van der Waals surface area contributed by atoms with Crippen molar-refractivity contribution in [3.8, 4) is 0 Å². The zero-order chi connectivity index (χ0) is 18.8. The van der Waals surface area contributed by atoms with E-state index in [0.29, 0.717) is 5.56 Å². The first kappa shape index (κ1) is 19.1. The Bertz CT molecular complexity index is 904. The minimum absolute atomic E-state index is 0.0363.